The average molecular weight is 222 g/mol. The molecule has 1 unspecified atom stereocenters. The Balaban J connectivity index is 2.23. The van der Waals surface area contributed by atoms with E-state index in [1.54, 1.807) is 12.1 Å². The Hall–Kier alpha value is -1.39. The number of hydrogen-bond donors (Lipinski definition) is 2. The van der Waals surface area contributed by atoms with Crippen LogP contribution >= 0.6 is 0 Å². The maximum atomic E-state index is 10.7. The molecule has 1 saturated heterocycles. The molecule has 1 heterocycles. The van der Waals surface area contributed by atoms with Gasteiger partial charge in [0.05, 0.1) is 12.2 Å². The van der Waals surface area contributed by atoms with Crippen LogP contribution in [0.5, 0.6) is 0 Å². The molecule has 1 aliphatic rings. The van der Waals surface area contributed by atoms with E-state index in [1.807, 2.05) is 0 Å². The summed E-state index contributed by atoms with van der Waals surface area (Å²) in [6.45, 7) is 0.953. The largest absolute Gasteiger partial charge is 0.478 e. The van der Waals surface area contributed by atoms with Crippen molar-refractivity contribution < 1.29 is 19.7 Å². The molecule has 2 N–H and O–H groups in total. The number of carboxylic acid groups (broad SMARTS) is 1. The molecule has 1 fully saturated rings. The van der Waals surface area contributed by atoms with Gasteiger partial charge in [-0.2, -0.15) is 0 Å². The van der Waals surface area contributed by atoms with Crippen LogP contribution in [0.25, 0.3) is 0 Å². The number of aliphatic hydroxyl groups is 1. The van der Waals surface area contributed by atoms with Gasteiger partial charge in [-0.1, -0.05) is 12.1 Å². The molecule has 0 aromatic heterocycles. The van der Waals surface area contributed by atoms with Crippen LogP contribution < -0.4 is 0 Å². The third kappa shape index (κ3) is 2.08. The van der Waals surface area contributed by atoms with Crippen molar-refractivity contribution in [2.75, 3.05) is 13.2 Å². The summed E-state index contributed by atoms with van der Waals surface area (Å²) < 4.78 is 5.25. The van der Waals surface area contributed by atoms with E-state index in [9.17, 15) is 9.90 Å². The summed E-state index contributed by atoms with van der Waals surface area (Å²) in [6.07, 6.45) is 1.47. The first kappa shape index (κ1) is 11.1. The third-order valence-electron chi connectivity index (χ3n) is 2.89. The molecule has 1 atom stereocenters. The number of hydrogen-bond acceptors (Lipinski definition) is 3. The monoisotopic (exact) mass is 222 g/mol. The fraction of sp³-hybridized carbons (Fsp3) is 0.417. The fourth-order valence-electron chi connectivity index (χ4n) is 1.93. The Morgan fingerprint density at radius 1 is 1.31 bits per heavy atom. The van der Waals surface area contributed by atoms with Crippen molar-refractivity contribution in [3.63, 3.8) is 0 Å². The second kappa shape index (κ2) is 4.23. The van der Waals surface area contributed by atoms with Gasteiger partial charge in [0.2, 0.25) is 0 Å². The summed E-state index contributed by atoms with van der Waals surface area (Å²) in [6, 6.07) is 6.31. The molecule has 1 aliphatic heterocycles. The van der Waals surface area contributed by atoms with Crippen molar-refractivity contribution in [3.05, 3.63) is 35.4 Å². The zero-order valence-corrected chi connectivity index (χ0v) is 8.85. The highest BCUT2D eigenvalue weighted by atomic mass is 16.5. The Bertz CT molecular complexity index is 377. The minimum atomic E-state index is -0.963. The Kier molecular flexibility index (Phi) is 2.94. The summed E-state index contributed by atoms with van der Waals surface area (Å²) in [5.74, 6) is -0.960. The predicted octanol–water partition coefficient (Wildman–Crippen LogP) is 1.38. The van der Waals surface area contributed by atoms with Crippen LogP contribution in [0.2, 0.25) is 0 Å². The van der Waals surface area contributed by atoms with Crippen LogP contribution in [0.3, 0.4) is 0 Å². The first-order valence-electron chi connectivity index (χ1n) is 5.26. The van der Waals surface area contributed by atoms with Crippen LogP contribution in [0, 0.1) is 0 Å². The summed E-state index contributed by atoms with van der Waals surface area (Å²) >= 11 is 0. The Labute approximate surface area is 93.5 Å². The summed E-state index contributed by atoms with van der Waals surface area (Å²) in [5, 5.41) is 19.1. The minimum absolute atomic E-state index is 0.226. The lowest BCUT2D eigenvalue weighted by Crippen LogP contribution is -2.35. The van der Waals surface area contributed by atoms with Crippen molar-refractivity contribution in [2.45, 2.75) is 18.4 Å². The quantitative estimate of drug-likeness (QED) is 0.793. The van der Waals surface area contributed by atoms with E-state index in [2.05, 4.69) is 0 Å². The minimum Gasteiger partial charge on any atom is -0.478 e. The third-order valence-corrected chi connectivity index (χ3v) is 2.89. The molecule has 1 aromatic rings. The van der Waals surface area contributed by atoms with Crippen LogP contribution in [-0.2, 0) is 10.3 Å². The smallest absolute Gasteiger partial charge is 0.335 e. The highest BCUT2D eigenvalue weighted by Crippen LogP contribution is 2.30. The molecule has 4 heteroatoms. The van der Waals surface area contributed by atoms with Crippen molar-refractivity contribution in [2.24, 2.45) is 0 Å². The summed E-state index contributed by atoms with van der Waals surface area (Å²) in [5.41, 5.74) is -0.0174. The van der Waals surface area contributed by atoms with Gasteiger partial charge in [-0.3, -0.25) is 0 Å². The van der Waals surface area contributed by atoms with E-state index in [-0.39, 0.29) is 12.2 Å². The topological polar surface area (TPSA) is 66.8 Å². The van der Waals surface area contributed by atoms with Crippen molar-refractivity contribution >= 4 is 5.97 Å². The normalized spacial score (nSPS) is 25.3. The van der Waals surface area contributed by atoms with E-state index in [0.717, 1.165) is 12.0 Å². The number of carboxylic acids is 1. The van der Waals surface area contributed by atoms with E-state index >= 15 is 0 Å². The van der Waals surface area contributed by atoms with Crippen LogP contribution in [0.4, 0.5) is 0 Å². The van der Waals surface area contributed by atoms with Gasteiger partial charge in [-0.25, -0.2) is 4.79 Å². The Morgan fingerprint density at radius 3 is 2.50 bits per heavy atom. The van der Waals surface area contributed by atoms with Gasteiger partial charge in [0.1, 0.15) is 5.60 Å². The molecule has 0 bridgehead atoms. The van der Waals surface area contributed by atoms with Gasteiger partial charge in [-0.15, -0.1) is 0 Å². The lowest BCUT2D eigenvalue weighted by Gasteiger charge is -2.32. The standard InChI is InChI=1S/C12H14O4/c13-11(14)9-2-4-10(5-3-9)12(15)6-1-7-16-8-12/h2-5,15H,1,6-8H2,(H,13,14). The van der Waals surface area contributed by atoms with Crippen molar-refractivity contribution in [1.29, 1.82) is 0 Å². The lowest BCUT2D eigenvalue weighted by molar-refractivity contribution is -0.0902. The zero-order valence-electron chi connectivity index (χ0n) is 8.85. The molecule has 0 radical (unpaired) electrons. The number of rotatable bonds is 2. The van der Waals surface area contributed by atoms with Crippen LogP contribution in [-0.4, -0.2) is 29.4 Å². The zero-order chi connectivity index (χ0) is 11.6. The lowest BCUT2D eigenvalue weighted by atomic mass is 9.88. The molecule has 86 valence electrons. The second-order valence-electron chi connectivity index (χ2n) is 4.07. The number of ether oxygens (including phenoxy) is 1. The second-order valence-corrected chi connectivity index (χ2v) is 4.07. The van der Waals surface area contributed by atoms with Gasteiger partial charge in [0, 0.05) is 6.61 Å². The van der Waals surface area contributed by atoms with E-state index in [1.165, 1.54) is 12.1 Å². The first-order chi connectivity index (χ1) is 7.62. The van der Waals surface area contributed by atoms with Gasteiger partial charge in [-0.05, 0) is 30.5 Å². The number of aromatic carboxylic acids is 1. The summed E-state index contributed by atoms with van der Waals surface area (Å²) in [4.78, 5) is 10.7. The average Bonchev–Trinajstić information content (AvgIpc) is 2.30. The molecule has 0 aliphatic carbocycles. The molecular formula is C12H14O4. The maximum Gasteiger partial charge on any atom is 0.335 e. The highest BCUT2D eigenvalue weighted by molar-refractivity contribution is 5.87. The van der Waals surface area contributed by atoms with Gasteiger partial charge in [0.15, 0.2) is 0 Å². The van der Waals surface area contributed by atoms with E-state index in [0.29, 0.717) is 13.0 Å². The molecule has 1 aromatic carbocycles. The molecular weight excluding hydrogens is 208 g/mol. The molecule has 0 spiro atoms. The predicted molar refractivity (Wildman–Crippen MR) is 57.4 cm³/mol. The highest BCUT2D eigenvalue weighted by Gasteiger charge is 2.31. The SMILES string of the molecule is O=C(O)c1ccc(C2(O)CCCOC2)cc1. The van der Waals surface area contributed by atoms with E-state index < -0.39 is 11.6 Å². The number of benzene rings is 1. The fourth-order valence-corrected chi connectivity index (χ4v) is 1.93. The van der Waals surface area contributed by atoms with Crippen molar-refractivity contribution in [1.82, 2.24) is 0 Å². The van der Waals surface area contributed by atoms with Gasteiger partial charge >= 0.3 is 5.97 Å². The molecule has 4 nitrogen and oxygen atoms in total. The van der Waals surface area contributed by atoms with Crippen LogP contribution in [0.15, 0.2) is 24.3 Å². The molecule has 2 rings (SSSR count). The van der Waals surface area contributed by atoms with Gasteiger partial charge < -0.3 is 14.9 Å². The molecule has 0 amide bonds. The molecule has 16 heavy (non-hydrogen) atoms. The molecule has 0 saturated carbocycles. The maximum absolute atomic E-state index is 10.7. The Morgan fingerprint density at radius 2 is 2.00 bits per heavy atom. The van der Waals surface area contributed by atoms with Crippen LogP contribution in [0.1, 0.15) is 28.8 Å². The van der Waals surface area contributed by atoms with Gasteiger partial charge in [0.25, 0.3) is 0 Å². The van der Waals surface area contributed by atoms with Crippen molar-refractivity contribution in [3.8, 4) is 0 Å². The van der Waals surface area contributed by atoms with E-state index in [4.69, 9.17) is 9.84 Å². The summed E-state index contributed by atoms with van der Waals surface area (Å²) in [7, 11) is 0. The first-order valence-corrected chi connectivity index (χ1v) is 5.26. The number of carbonyl (C=O) groups is 1.